The molecule has 0 atom stereocenters. The van der Waals surface area contributed by atoms with Gasteiger partial charge in [-0.2, -0.15) is 0 Å². The number of nitrogens with one attached hydrogen (secondary N) is 2. The van der Waals surface area contributed by atoms with E-state index in [-0.39, 0.29) is 28.8 Å². The Morgan fingerprint density at radius 2 is 1.71 bits per heavy atom. The molecule has 0 unspecified atom stereocenters. The van der Waals surface area contributed by atoms with E-state index in [1.165, 1.54) is 24.3 Å². The molecule has 0 aliphatic heterocycles. The second-order valence-corrected chi connectivity index (χ2v) is 10.6. The second-order valence-electron chi connectivity index (χ2n) is 8.39. The lowest BCUT2D eigenvalue weighted by Crippen LogP contribution is -2.27. The van der Waals surface area contributed by atoms with Crippen LogP contribution < -0.4 is 14.8 Å². The highest BCUT2D eigenvalue weighted by atomic mass is 35.5. The summed E-state index contributed by atoms with van der Waals surface area (Å²) in [6.07, 6.45) is 0. The number of carbonyl (C=O) groups excluding carboxylic acids is 2. The number of rotatable bonds is 10. The molecule has 0 aromatic heterocycles. The van der Waals surface area contributed by atoms with E-state index >= 15 is 0 Å². The van der Waals surface area contributed by atoms with Crippen LogP contribution in [-0.4, -0.2) is 33.3 Å². The molecular weight excluding hydrogens is 488 g/mol. The average Bonchev–Trinajstić information content (AvgIpc) is 2.83. The van der Waals surface area contributed by atoms with E-state index in [9.17, 15) is 18.0 Å². The van der Waals surface area contributed by atoms with E-state index in [4.69, 9.17) is 16.3 Å². The van der Waals surface area contributed by atoms with Crippen molar-refractivity contribution in [3.63, 3.8) is 0 Å². The molecule has 3 aromatic carbocycles. The maximum atomic E-state index is 12.9. The SMILES string of the molecule is Cc1cc(S(=O)(=O)NCC(C)C)ccc1OCC(=O)Nc1ccc(Cl)cc1C(=O)c1ccccc1. The van der Waals surface area contributed by atoms with Gasteiger partial charge in [0, 0.05) is 22.7 Å². The topological polar surface area (TPSA) is 102 Å². The predicted molar refractivity (Wildman–Crippen MR) is 137 cm³/mol. The molecule has 7 nitrogen and oxygen atoms in total. The van der Waals surface area contributed by atoms with Crippen molar-refractivity contribution in [1.82, 2.24) is 4.72 Å². The van der Waals surface area contributed by atoms with E-state index in [2.05, 4.69) is 10.0 Å². The number of aryl methyl sites for hydroxylation is 1. The smallest absolute Gasteiger partial charge is 0.262 e. The fraction of sp³-hybridized carbons (Fsp3) is 0.231. The first kappa shape index (κ1) is 26.4. The zero-order valence-corrected chi connectivity index (χ0v) is 21.2. The first-order chi connectivity index (χ1) is 16.6. The Morgan fingerprint density at radius 3 is 2.37 bits per heavy atom. The van der Waals surface area contributed by atoms with Gasteiger partial charge >= 0.3 is 0 Å². The van der Waals surface area contributed by atoms with Gasteiger partial charge in [-0.3, -0.25) is 9.59 Å². The molecule has 2 N–H and O–H groups in total. The van der Waals surface area contributed by atoms with Crippen LogP contribution in [0.1, 0.15) is 35.3 Å². The minimum Gasteiger partial charge on any atom is -0.483 e. The monoisotopic (exact) mass is 514 g/mol. The van der Waals surface area contributed by atoms with Gasteiger partial charge in [0.1, 0.15) is 5.75 Å². The fourth-order valence-electron chi connectivity index (χ4n) is 3.20. The number of anilines is 1. The molecule has 3 rings (SSSR count). The third kappa shape index (κ3) is 7.14. The van der Waals surface area contributed by atoms with Crippen molar-refractivity contribution >= 4 is 39.0 Å². The Morgan fingerprint density at radius 1 is 1.00 bits per heavy atom. The van der Waals surface area contributed by atoms with Crippen LogP contribution in [0.15, 0.2) is 71.6 Å². The highest BCUT2D eigenvalue weighted by molar-refractivity contribution is 7.89. The lowest BCUT2D eigenvalue weighted by molar-refractivity contribution is -0.118. The lowest BCUT2D eigenvalue weighted by atomic mass is 10.0. The van der Waals surface area contributed by atoms with Crippen molar-refractivity contribution < 1.29 is 22.7 Å². The van der Waals surface area contributed by atoms with E-state index in [0.29, 0.717) is 34.1 Å². The third-order valence-electron chi connectivity index (χ3n) is 5.03. The zero-order valence-electron chi connectivity index (χ0n) is 19.7. The maximum Gasteiger partial charge on any atom is 0.262 e. The molecule has 3 aromatic rings. The summed E-state index contributed by atoms with van der Waals surface area (Å²) in [7, 11) is -3.63. The summed E-state index contributed by atoms with van der Waals surface area (Å²) in [5, 5.41) is 3.06. The van der Waals surface area contributed by atoms with Crippen LogP contribution in [-0.2, 0) is 14.8 Å². The van der Waals surface area contributed by atoms with Crippen molar-refractivity contribution in [3.05, 3.63) is 88.4 Å². The molecule has 0 bridgehead atoms. The first-order valence-corrected chi connectivity index (χ1v) is 12.8. The Labute approximate surface area is 210 Å². The number of ketones is 1. The summed E-state index contributed by atoms with van der Waals surface area (Å²) in [6, 6.07) is 17.8. The van der Waals surface area contributed by atoms with Crippen LogP contribution >= 0.6 is 11.6 Å². The largest absolute Gasteiger partial charge is 0.483 e. The van der Waals surface area contributed by atoms with Crippen LogP contribution in [0.25, 0.3) is 0 Å². The van der Waals surface area contributed by atoms with Crippen LogP contribution in [0.4, 0.5) is 5.69 Å². The van der Waals surface area contributed by atoms with Gasteiger partial charge in [-0.15, -0.1) is 0 Å². The Balaban J connectivity index is 1.69. The molecule has 9 heteroatoms. The average molecular weight is 515 g/mol. The summed E-state index contributed by atoms with van der Waals surface area (Å²) in [6.45, 7) is 5.53. The van der Waals surface area contributed by atoms with Gasteiger partial charge in [-0.25, -0.2) is 13.1 Å². The van der Waals surface area contributed by atoms with Gasteiger partial charge < -0.3 is 10.1 Å². The molecule has 35 heavy (non-hydrogen) atoms. The van der Waals surface area contributed by atoms with Gasteiger partial charge in [-0.05, 0) is 54.8 Å². The predicted octanol–water partition coefficient (Wildman–Crippen LogP) is 4.83. The Hall–Kier alpha value is -3.20. The maximum absolute atomic E-state index is 12.9. The van der Waals surface area contributed by atoms with Crippen LogP contribution in [0.2, 0.25) is 5.02 Å². The van der Waals surface area contributed by atoms with Crippen molar-refractivity contribution in [2.45, 2.75) is 25.7 Å². The highest BCUT2D eigenvalue weighted by Crippen LogP contribution is 2.25. The molecule has 0 fully saturated rings. The van der Waals surface area contributed by atoms with E-state index in [0.717, 1.165) is 0 Å². The number of halogens is 1. The zero-order chi connectivity index (χ0) is 25.6. The standard InChI is InChI=1S/C26H27ClN2O5S/c1-17(2)15-28-35(32,33)21-10-12-24(18(3)13-21)34-16-25(30)29-23-11-9-20(27)14-22(23)26(31)19-7-5-4-6-8-19/h4-14,17,28H,15-16H2,1-3H3,(H,29,30). The summed E-state index contributed by atoms with van der Waals surface area (Å²) in [5.74, 6) is -0.206. The van der Waals surface area contributed by atoms with Gasteiger partial charge in [0.25, 0.3) is 5.91 Å². The number of ether oxygens (including phenoxy) is 1. The van der Waals surface area contributed by atoms with Crippen molar-refractivity contribution in [3.8, 4) is 5.75 Å². The van der Waals surface area contributed by atoms with Crippen molar-refractivity contribution in [2.75, 3.05) is 18.5 Å². The number of hydrogen-bond donors (Lipinski definition) is 2. The van der Waals surface area contributed by atoms with Crippen LogP contribution in [0.3, 0.4) is 0 Å². The van der Waals surface area contributed by atoms with Crippen LogP contribution in [0.5, 0.6) is 5.75 Å². The number of sulfonamides is 1. The molecule has 0 saturated carbocycles. The molecule has 1 amide bonds. The molecule has 0 saturated heterocycles. The van der Waals surface area contributed by atoms with Gasteiger partial charge in [0.2, 0.25) is 10.0 Å². The molecule has 0 spiro atoms. The number of amides is 1. The van der Waals surface area contributed by atoms with Crippen LogP contribution in [0, 0.1) is 12.8 Å². The minimum absolute atomic E-state index is 0.123. The second kappa shape index (κ2) is 11.5. The number of benzene rings is 3. The third-order valence-corrected chi connectivity index (χ3v) is 6.69. The fourth-order valence-corrected chi connectivity index (χ4v) is 4.67. The lowest BCUT2D eigenvalue weighted by Gasteiger charge is -2.14. The summed E-state index contributed by atoms with van der Waals surface area (Å²) < 4.78 is 33.0. The van der Waals surface area contributed by atoms with Crippen molar-refractivity contribution in [2.24, 2.45) is 5.92 Å². The first-order valence-electron chi connectivity index (χ1n) is 11.0. The van der Waals surface area contributed by atoms with Crippen molar-refractivity contribution in [1.29, 1.82) is 0 Å². The Kier molecular flexibility index (Phi) is 8.67. The van der Waals surface area contributed by atoms with E-state index in [1.54, 1.807) is 49.4 Å². The van der Waals surface area contributed by atoms with Gasteiger partial charge in [0.15, 0.2) is 12.4 Å². The molecule has 0 heterocycles. The van der Waals surface area contributed by atoms with E-state index in [1.807, 2.05) is 13.8 Å². The normalized spacial score (nSPS) is 11.3. The van der Waals surface area contributed by atoms with E-state index < -0.39 is 15.9 Å². The molecule has 0 aliphatic carbocycles. The minimum atomic E-state index is -3.63. The summed E-state index contributed by atoms with van der Waals surface area (Å²) in [5.41, 5.74) is 1.61. The molecule has 184 valence electrons. The summed E-state index contributed by atoms with van der Waals surface area (Å²) >= 11 is 6.09. The quantitative estimate of drug-likeness (QED) is 0.377. The molecular formula is C26H27ClN2O5S. The molecule has 0 aliphatic rings. The Bertz CT molecular complexity index is 1320. The summed E-state index contributed by atoms with van der Waals surface area (Å²) in [4.78, 5) is 25.6. The number of hydrogen-bond acceptors (Lipinski definition) is 5. The number of carbonyl (C=O) groups is 2. The molecule has 0 radical (unpaired) electrons. The van der Waals surface area contributed by atoms with Gasteiger partial charge in [-0.1, -0.05) is 55.8 Å². The highest BCUT2D eigenvalue weighted by Gasteiger charge is 2.18. The van der Waals surface area contributed by atoms with Gasteiger partial charge in [0.05, 0.1) is 10.6 Å².